The Bertz CT molecular complexity index is 599. The molecule has 20 heavy (non-hydrogen) atoms. The van der Waals surface area contributed by atoms with Crippen LogP contribution in [0, 0.1) is 0 Å². The van der Waals surface area contributed by atoms with Gasteiger partial charge in [0.05, 0.1) is 5.56 Å². The molecular weight excluding hydrogens is 384 g/mol. The van der Waals surface area contributed by atoms with Crippen LogP contribution in [0.5, 0.6) is 0 Å². The van der Waals surface area contributed by atoms with Crippen molar-refractivity contribution >= 4 is 37.8 Å². The summed E-state index contributed by atoms with van der Waals surface area (Å²) in [6.45, 7) is 1.99. The fourth-order valence-corrected chi connectivity index (χ4v) is 2.58. The molecule has 5 heteroatoms. The Balaban J connectivity index is 1.98. The fraction of sp³-hybridized carbons (Fsp3) is 0.200. The quantitative estimate of drug-likeness (QED) is 0.793. The Hall–Kier alpha value is -1.20. The van der Waals surface area contributed by atoms with Crippen LogP contribution in [0.1, 0.15) is 22.8 Å². The number of rotatable bonds is 4. The SMILES string of the molecule is CC(Cc1ccc(Br)cc1)NC(=O)c1cccnc1Br. The highest BCUT2D eigenvalue weighted by atomic mass is 79.9. The van der Waals surface area contributed by atoms with E-state index in [4.69, 9.17) is 0 Å². The van der Waals surface area contributed by atoms with E-state index in [1.807, 2.05) is 31.2 Å². The molecule has 0 spiro atoms. The van der Waals surface area contributed by atoms with Crippen LogP contribution in [0.15, 0.2) is 51.7 Å². The number of benzene rings is 1. The number of halogens is 2. The van der Waals surface area contributed by atoms with Crippen LogP contribution in [0.2, 0.25) is 0 Å². The zero-order chi connectivity index (χ0) is 14.5. The van der Waals surface area contributed by atoms with Crippen LogP contribution in [-0.4, -0.2) is 16.9 Å². The highest BCUT2D eigenvalue weighted by molar-refractivity contribution is 9.10. The van der Waals surface area contributed by atoms with Crippen molar-refractivity contribution in [1.82, 2.24) is 10.3 Å². The first-order valence-electron chi connectivity index (χ1n) is 6.22. The lowest BCUT2D eigenvalue weighted by Gasteiger charge is -2.14. The maximum absolute atomic E-state index is 12.1. The zero-order valence-corrected chi connectivity index (χ0v) is 14.1. The molecule has 0 saturated heterocycles. The second-order valence-electron chi connectivity index (χ2n) is 4.55. The van der Waals surface area contributed by atoms with Crippen molar-refractivity contribution in [2.24, 2.45) is 0 Å². The highest BCUT2D eigenvalue weighted by Gasteiger charge is 2.13. The van der Waals surface area contributed by atoms with Crippen molar-refractivity contribution in [2.75, 3.05) is 0 Å². The lowest BCUT2D eigenvalue weighted by Crippen LogP contribution is -2.34. The number of nitrogens with zero attached hydrogens (tertiary/aromatic N) is 1. The number of aromatic nitrogens is 1. The van der Waals surface area contributed by atoms with Crippen molar-refractivity contribution in [3.05, 3.63) is 62.8 Å². The van der Waals surface area contributed by atoms with Gasteiger partial charge in [0.1, 0.15) is 4.60 Å². The van der Waals surface area contributed by atoms with Crippen LogP contribution < -0.4 is 5.32 Å². The normalized spacial score (nSPS) is 11.9. The average Bonchev–Trinajstić information content (AvgIpc) is 2.41. The Morgan fingerprint density at radius 1 is 1.25 bits per heavy atom. The Morgan fingerprint density at radius 3 is 2.60 bits per heavy atom. The lowest BCUT2D eigenvalue weighted by molar-refractivity contribution is 0.0939. The van der Waals surface area contributed by atoms with Gasteiger partial charge < -0.3 is 5.32 Å². The van der Waals surface area contributed by atoms with Crippen molar-refractivity contribution in [3.63, 3.8) is 0 Å². The summed E-state index contributed by atoms with van der Waals surface area (Å²) in [5, 5.41) is 2.98. The topological polar surface area (TPSA) is 42.0 Å². The molecule has 1 unspecified atom stereocenters. The Morgan fingerprint density at radius 2 is 1.95 bits per heavy atom. The van der Waals surface area contributed by atoms with E-state index < -0.39 is 0 Å². The van der Waals surface area contributed by atoms with Crippen molar-refractivity contribution < 1.29 is 4.79 Å². The molecule has 2 aromatic rings. The Kier molecular flexibility index (Phi) is 5.31. The standard InChI is InChI=1S/C15H14Br2N2O/c1-10(9-11-4-6-12(16)7-5-11)19-15(20)13-3-2-8-18-14(13)17/h2-8,10H,9H2,1H3,(H,19,20). The van der Waals surface area contributed by atoms with Gasteiger partial charge in [0.2, 0.25) is 0 Å². The number of carbonyl (C=O) groups is 1. The van der Waals surface area contributed by atoms with Gasteiger partial charge in [-0.05, 0) is 59.1 Å². The molecule has 0 bridgehead atoms. The van der Waals surface area contributed by atoms with Crippen LogP contribution in [0.3, 0.4) is 0 Å². The second kappa shape index (κ2) is 6.99. The van der Waals surface area contributed by atoms with E-state index in [0.717, 1.165) is 10.9 Å². The van der Waals surface area contributed by atoms with E-state index in [-0.39, 0.29) is 11.9 Å². The summed E-state index contributed by atoms with van der Waals surface area (Å²) in [6, 6.07) is 11.6. The minimum Gasteiger partial charge on any atom is -0.349 e. The van der Waals surface area contributed by atoms with Gasteiger partial charge >= 0.3 is 0 Å². The van der Waals surface area contributed by atoms with Crippen LogP contribution in [-0.2, 0) is 6.42 Å². The molecule has 0 aliphatic rings. The molecule has 0 aliphatic carbocycles. The molecule has 0 saturated carbocycles. The molecule has 1 atom stereocenters. The molecule has 1 N–H and O–H groups in total. The molecule has 1 aromatic heterocycles. The molecule has 104 valence electrons. The number of amides is 1. The van der Waals surface area contributed by atoms with Gasteiger partial charge in [0, 0.05) is 16.7 Å². The van der Waals surface area contributed by atoms with Gasteiger partial charge in [0.15, 0.2) is 0 Å². The summed E-state index contributed by atoms with van der Waals surface area (Å²) in [5.41, 5.74) is 1.74. The maximum atomic E-state index is 12.1. The largest absolute Gasteiger partial charge is 0.349 e. The van der Waals surface area contributed by atoms with Crippen molar-refractivity contribution in [1.29, 1.82) is 0 Å². The second-order valence-corrected chi connectivity index (χ2v) is 6.21. The van der Waals surface area contributed by atoms with Gasteiger partial charge in [-0.2, -0.15) is 0 Å². The Labute approximate surface area is 135 Å². The summed E-state index contributed by atoms with van der Waals surface area (Å²) in [4.78, 5) is 16.2. The number of pyridine rings is 1. The first-order valence-corrected chi connectivity index (χ1v) is 7.80. The van der Waals surface area contributed by atoms with Crippen LogP contribution >= 0.6 is 31.9 Å². The molecule has 1 amide bonds. The molecule has 0 aliphatic heterocycles. The molecule has 3 nitrogen and oxygen atoms in total. The minimum absolute atomic E-state index is 0.0516. The number of carbonyl (C=O) groups excluding carboxylic acids is 1. The van der Waals surface area contributed by atoms with E-state index in [1.165, 1.54) is 5.56 Å². The van der Waals surface area contributed by atoms with Crippen molar-refractivity contribution in [2.45, 2.75) is 19.4 Å². The predicted octanol–water partition coefficient (Wildman–Crippen LogP) is 3.97. The minimum atomic E-state index is -0.116. The first-order chi connectivity index (χ1) is 9.56. The number of hydrogen-bond donors (Lipinski definition) is 1. The predicted molar refractivity (Wildman–Crippen MR) is 86.7 cm³/mol. The van der Waals surface area contributed by atoms with Gasteiger partial charge in [-0.15, -0.1) is 0 Å². The van der Waals surface area contributed by atoms with Gasteiger partial charge in [-0.25, -0.2) is 4.98 Å². The smallest absolute Gasteiger partial charge is 0.254 e. The van der Waals surface area contributed by atoms with Crippen molar-refractivity contribution in [3.8, 4) is 0 Å². The summed E-state index contributed by atoms with van der Waals surface area (Å²) in [6.07, 6.45) is 2.43. The zero-order valence-electron chi connectivity index (χ0n) is 10.9. The third-order valence-electron chi connectivity index (χ3n) is 2.84. The lowest BCUT2D eigenvalue weighted by atomic mass is 10.1. The van der Waals surface area contributed by atoms with Gasteiger partial charge in [-0.3, -0.25) is 4.79 Å². The maximum Gasteiger partial charge on any atom is 0.254 e. The molecule has 0 radical (unpaired) electrons. The molecular formula is C15H14Br2N2O. The van der Waals surface area contributed by atoms with E-state index in [1.54, 1.807) is 18.3 Å². The summed E-state index contributed by atoms with van der Waals surface area (Å²) < 4.78 is 1.62. The van der Waals surface area contributed by atoms with Gasteiger partial charge in [-0.1, -0.05) is 28.1 Å². The number of hydrogen-bond acceptors (Lipinski definition) is 2. The third kappa shape index (κ3) is 4.15. The summed E-state index contributed by atoms with van der Waals surface area (Å²) >= 11 is 6.69. The molecule has 0 fully saturated rings. The molecule has 1 aromatic carbocycles. The highest BCUT2D eigenvalue weighted by Crippen LogP contribution is 2.14. The summed E-state index contributed by atoms with van der Waals surface area (Å²) in [7, 11) is 0. The van der Waals surface area contributed by atoms with E-state index in [0.29, 0.717) is 10.2 Å². The number of nitrogens with one attached hydrogen (secondary N) is 1. The van der Waals surface area contributed by atoms with Crippen LogP contribution in [0.25, 0.3) is 0 Å². The molecule has 2 rings (SSSR count). The monoisotopic (exact) mass is 396 g/mol. The third-order valence-corrected chi connectivity index (χ3v) is 4.00. The van der Waals surface area contributed by atoms with Gasteiger partial charge in [0.25, 0.3) is 5.91 Å². The molecule has 1 heterocycles. The van der Waals surface area contributed by atoms with Crippen LogP contribution in [0.4, 0.5) is 0 Å². The van der Waals surface area contributed by atoms with E-state index >= 15 is 0 Å². The van der Waals surface area contributed by atoms with E-state index in [2.05, 4.69) is 42.2 Å². The fourth-order valence-electron chi connectivity index (χ4n) is 1.88. The first kappa shape index (κ1) is 15.2. The average molecular weight is 398 g/mol. The summed E-state index contributed by atoms with van der Waals surface area (Å²) in [5.74, 6) is -0.116. The van der Waals surface area contributed by atoms with E-state index in [9.17, 15) is 4.79 Å².